The van der Waals surface area contributed by atoms with Gasteiger partial charge in [-0.25, -0.2) is 13.6 Å². The van der Waals surface area contributed by atoms with Crippen LogP contribution >= 0.6 is 0 Å². The second kappa shape index (κ2) is 8.24. The van der Waals surface area contributed by atoms with Crippen molar-refractivity contribution in [2.75, 3.05) is 20.2 Å². The summed E-state index contributed by atoms with van der Waals surface area (Å²) in [7, 11) is 1.61. The quantitative estimate of drug-likeness (QED) is 0.753. The maximum Gasteiger partial charge on any atom is 0.317 e. The predicted molar refractivity (Wildman–Crippen MR) is 86.0 cm³/mol. The van der Waals surface area contributed by atoms with E-state index in [1.807, 2.05) is 13.8 Å². The van der Waals surface area contributed by atoms with Crippen LogP contribution in [0, 0.1) is 17.0 Å². The van der Waals surface area contributed by atoms with Gasteiger partial charge in [0.1, 0.15) is 0 Å². The number of carbonyl (C=O) groups is 1. The summed E-state index contributed by atoms with van der Waals surface area (Å²) in [5.74, 6) is -1.83. The summed E-state index contributed by atoms with van der Waals surface area (Å²) in [5.41, 5.74) is 0.373. The number of urea groups is 1. The summed E-state index contributed by atoms with van der Waals surface area (Å²) in [6, 6.07) is 2.98. The molecule has 23 heavy (non-hydrogen) atoms. The van der Waals surface area contributed by atoms with Crippen molar-refractivity contribution in [1.82, 2.24) is 10.2 Å². The second-order valence-electron chi connectivity index (χ2n) is 6.62. The number of nitrogens with one attached hydrogen (secondary N) is 1. The van der Waals surface area contributed by atoms with Crippen LogP contribution in [0.5, 0.6) is 0 Å². The highest BCUT2D eigenvalue weighted by molar-refractivity contribution is 5.74. The van der Waals surface area contributed by atoms with Gasteiger partial charge in [0.2, 0.25) is 0 Å². The first-order chi connectivity index (χ1) is 10.7. The zero-order valence-corrected chi connectivity index (χ0v) is 14.2. The molecular formula is C17H26F2N2O2. The van der Waals surface area contributed by atoms with E-state index in [0.717, 1.165) is 25.0 Å². The SMILES string of the molecule is CC(c1ccc(F)c(F)c1)N(C)C(=O)NCCCC(C)(C)CO. The molecule has 4 nitrogen and oxygen atoms in total. The number of benzene rings is 1. The molecule has 1 unspecified atom stereocenters. The number of rotatable bonds is 7. The third-order valence-electron chi connectivity index (χ3n) is 4.06. The average Bonchev–Trinajstić information content (AvgIpc) is 2.52. The fourth-order valence-corrected chi connectivity index (χ4v) is 2.14. The van der Waals surface area contributed by atoms with Crippen molar-refractivity contribution in [3.05, 3.63) is 35.4 Å². The standard InChI is InChI=1S/C17H26F2N2O2/c1-12(13-6-7-14(18)15(19)10-13)21(4)16(23)20-9-5-8-17(2,3)11-22/h6-7,10,12,22H,5,8-9,11H2,1-4H3,(H,20,23). The maximum atomic E-state index is 13.3. The summed E-state index contributed by atoms with van der Waals surface area (Å²) in [6.45, 7) is 6.28. The van der Waals surface area contributed by atoms with Gasteiger partial charge < -0.3 is 15.3 Å². The van der Waals surface area contributed by atoms with Crippen molar-refractivity contribution in [3.63, 3.8) is 0 Å². The first-order valence-electron chi connectivity index (χ1n) is 7.74. The molecule has 0 spiro atoms. The van der Waals surface area contributed by atoms with Crippen LogP contribution in [0.4, 0.5) is 13.6 Å². The second-order valence-corrected chi connectivity index (χ2v) is 6.62. The summed E-state index contributed by atoms with van der Waals surface area (Å²) in [5, 5.41) is 12.0. The molecule has 0 heterocycles. The molecule has 0 aliphatic heterocycles. The van der Waals surface area contributed by atoms with E-state index < -0.39 is 11.6 Å². The van der Waals surface area contributed by atoms with Crippen molar-refractivity contribution >= 4 is 6.03 Å². The number of carbonyl (C=O) groups excluding carboxylic acids is 1. The highest BCUT2D eigenvalue weighted by atomic mass is 19.2. The molecule has 130 valence electrons. The normalized spacial score (nSPS) is 12.8. The van der Waals surface area contributed by atoms with Crippen molar-refractivity contribution < 1.29 is 18.7 Å². The first kappa shape index (κ1) is 19.4. The fourth-order valence-electron chi connectivity index (χ4n) is 2.14. The van der Waals surface area contributed by atoms with Gasteiger partial charge in [-0.1, -0.05) is 19.9 Å². The Balaban J connectivity index is 2.51. The Kier molecular flexibility index (Phi) is 6.94. The average molecular weight is 328 g/mol. The van der Waals surface area contributed by atoms with E-state index in [1.54, 1.807) is 14.0 Å². The van der Waals surface area contributed by atoms with Crippen LogP contribution in [-0.2, 0) is 0 Å². The van der Waals surface area contributed by atoms with Crippen LogP contribution in [0.15, 0.2) is 18.2 Å². The number of amides is 2. The molecule has 0 saturated heterocycles. The van der Waals surface area contributed by atoms with Crippen LogP contribution in [0.2, 0.25) is 0 Å². The molecule has 2 N–H and O–H groups in total. The molecule has 0 saturated carbocycles. The number of hydrogen-bond donors (Lipinski definition) is 2. The van der Waals surface area contributed by atoms with Gasteiger partial charge in [0.05, 0.1) is 6.04 Å². The lowest BCUT2D eigenvalue weighted by Gasteiger charge is -2.26. The first-order valence-corrected chi connectivity index (χ1v) is 7.74. The summed E-state index contributed by atoms with van der Waals surface area (Å²) >= 11 is 0. The molecule has 1 aromatic rings. The Morgan fingerprint density at radius 1 is 1.35 bits per heavy atom. The molecule has 0 fully saturated rings. The Labute approximate surface area is 136 Å². The van der Waals surface area contributed by atoms with Crippen LogP contribution in [0.3, 0.4) is 0 Å². The van der Waals surface area contributed by atoms with Gasteiger partial charge in [-0.15, -0.1) is 0 Å². The molecule has 0 bridgehead atoms. The minimum absolute atomic E-state index is 0.105. The third kappa shape index (κ3) is 5.78. The Bertz CT molecular complexity index is 535. The van der Waals surface area contributed by atoms with Crippen molar-refractivity contribution in [2.45, 2.75) is 39.7 Å². The van der Waals surface area contributed by atoms with Crippen molar-refractivity contribution in [1.29, 1.82) is 0 Å². The lowest BCUT2D eigenvalue weighted by atomic mass is 9.89. The van der Waals surface area contributed by atoms with Crippen LogP contribution in [-0.4, -0.2) is 36.2 Å². The van der Waals surface area contributed by atoms with Gasteiger partial charge in [-0.05, 0) is 42.9 Å². The summed E-state index contributed by atoms with van der Waals surface area (Å²) in [4.78, 5) is 13.5. The topological polar surface area (TPSA) is 52.6 Å². The highest BCUT2D eigenvalue weighted by Crippen LogP contribution is 2.22. The van der Waals surface area contributed by atoms with E-state index in [9.17, 15) is 18.7 Å². The van der Waals surface area contributed by atoms with Gasteiger partial charge in [0, 0.05) is 20.2 Å². The molecule has 0 aliphatic rings. The van der Waals surface area contributed by atoms with E-state index in [-0.39, 0.29) is 24.1 Å². The zero-order chi connectivity index (χ0) is 17.6. The van der Waals surface area contributed by atoms with E-state index in [2.05, 4.69) is 5.32 Å². The Morgan fingerprint density at radius 2 is 2.00 bits per heavy atom. The number of nitrogens with zero attached hydrogens (tertiary/aromatic N) is 1. The summed E-state index contributed by atoms with van der Waals surface area (Å²) < 4.78 is 26.3. The minimum Gasteiger partial charge on any atom is -0.396 e. The number of halogens is 2. The van der Waals surface area contributed by atoms with Gasteiger partial charge in [0.15, 0.2) is 11.6 Å². The highest BCUT2D eigenvalue weighted by Gasteiger charge is 2.19. The minimum atomic E-state index is -0.922. The molecule has 1 aromatic carbocycles. The van der Waals surface area contributed by atoms with Gasteiger partial charge in [-0.3, -0.25) is 0 Å². The van der Waals surface area contributed by atoms with E-state index in [0.29, 0.717) is 12.1 Å². The van der Waals surface area contributed by atoms with E-state index in [1.165, 1.54) is 11.0 Å². The molecule has 1 atom stereocenters. The molecular weight excluding hydrogens is 302 g/mol. The molecule has 1 rings (SSSR count). The monoisotopic (exact) mass is 328 g/mol. The third-order valence-corrected chi connectivity index (χ3v) is 4.06. The summed E-state index contributed by atoms with van der Waals surface area (Å²) in [6.07, 6.45) is 1.55. The molecule has 6 heteroatoms. The number of aliphatic hydroxyl groups is 1. The van der Waals surface area contributed by atoms with Gasteiger partial charge in [-0.2, -0.15) is 0 Å². The van der Waals surface area contributed by atoms with Gasteiger partial charge in [0.25, 0.3) is 0 Å². The van der Waals surface area contributed by atoms with Crippen LogP contribution < -0.4 is 5.32 Å². The van der Waals surface area contributed by atoms with Crippen LogP contribution in [0.1, 0.15) is 45.2 Å². The van der Waals surface area contributed by atoms with Crippen LogP contribution in [0.25, 0.3) is 0 Å². The Hall–Kier alpha value is -1.69. The lowest BCUT2D eigenvalue weighted by Crippen LogP contribution is -2.39. The van der Waals surface area contributed by atoms with E-state index in [4.69, 9.17) is 0 Å². The Morgan fingerprint density at radius 3 is 2.57 bits per heavy atom. The number of aliphatic hydroxyl groups excluding tert-OH is 1. The lowest BCUT2D eigenvalue weighted by molar-refractivity contribution is 0.147. The molecule has 0 radical (unpaired) electrons. The molecule has 0 aromatic heterocycles. The van der Waals surface area contributed by atoms with Gasteiger partial charge >= 0.3 is 6.03 Å². The number of hydrogen-bond acceptors (Lipinski definition) is 2. The zero-order valence-electron chi connectivity index (χ0n) is 14.2. The smallest absolute Gasteiger partial charge is 0.317 e. The predicted octanol–water partition coefficient (Wildman–Crippen LogP) is 3.47. The van der Waals surface area contributed by atoms with Crippen molar-refractivity contribution in [2.24, 2.45) is 5.41 Å². The maximum absolute atomic E-state index is 13.3. The largest absolute Gasteiger partial charge is 0.396 e. The van der Waals surface area contributed by atoms with Crippen molar-refractivity contribution in [3.8, 4) is 0 Å². The molecule has 0 aliphatic carbocycles. The molecule has 2 amide bonds. The van der Waals surface area contributed by atoms with E-state index >= 15 is 0 Å². The fraction of sp³-hybridized carbons (Fsp3) is 0.588.